The van der Waals surface area contributed by atoms with Gasteiger partial charge in [0.05, 0.1) is 12.3 Å². The molecule has 0 unspecified atom stereocenters. The molecule has 0 saturated heterocycles. The molecule has 1 aromatic carbocycles. The van der Waals surface area contributed by atoms with Gasteiger partial charge in [-0.2, -0.15) is 5.10 Å². The maximum atomic E-state index is 10.9. The number of carboxylic acid groups (broad SMARTS) is 1. The van der Waals surface area contributed by atoms with Crippen LogP contribution < -0.4 is 4.74 Å². The molecular weight excluding hydrogens is 248 g/mol. The quantitative estimate of drug-likeness (QED) is 0.888. The second kappa shape index (κ2) is 4.40. The molecule has 1 aromatic heterocycles. The van der Waals surface area contributed by atoms with Gasteiger partial charge in [-0.05, 0) is 12.1 Å². The lowest BCUT2D eigenvalue weighted by Gasteiger charge is -2.18. The van der Waals surface area contributed by atoms with Gasteiger partial charge in [-0.25, -0.2) is 4.79 Å². The average molecular weight is 260 g/mol. The summed E-state index contributed by atoms with van der Waals surface area (Å²) < 4.78 is 12.1. The van der Waals surface area contributed by atoms with Crippen LogP contribution >= 0.6 is 0 Å². The van der Waals surface area contributed by atoms with Crippen LogP contribution in [0, 0.1) is 0 Å². The molecule has 2 heterocycles. The van der Waals surface area contributed by atoms with E-state index in [2.05, 4.69) is 5.10 Å². The SMILES string of the molecule is Cn1nc(C(=O)O)cc1-c1ccc2c(c1)OCOC2. The first-order valence-corrected chi connectivity index (χ1v) is 5.76. The topological polar surface area (TPSA) is 73.6 Å². The summed E-state index contributed by atoms with van der Waals surface area (Å²) in [6.45, 7) is 0.767. The van der Waals surface area contributed by atoms with Crippen molar-refractivity contribution >= 4 is 5.97 Å². The van der Waals surface area contributed by atoms with E-state index in [0.717, 1.165) is 22.6 Å². The first kappa shape index (κ1) is 11.7. The Morgan fingerprint density at radius 2 is 2.26 bits per heavy atom. The summed E-state index contributed by atoms with van der Waals surface area (Å²) in [5, 5.41) is 12.9. The van der Waals surface area contributed by atoms with E-state index in [4.69, 9.17) is 14.6 Å². The second-order valence-electron chi connectivity index (χ2n) is 4.28. The number of hydrogen-bond acceptors (Lipinski definition) is 4. The number of aryl methyl sites for hydroxylation is 1. The molecule has 98 valence electrons. The zero-order valence-electron chi connectivity index (χ0n) is 10.3. The highest BCUT2D eigenvalue weighted by Crippen LogP contribution is 2.30. The van der Waals surface area contributed by atoms with E-state index in [1.54, 1.807) is 17.8 Å². The van der Waals surface area contributed by atoms with Gasteiger partial charge in [0.15, 0.2) is 12.5 Å². The molecule has 0 atom stereocenters. The number of benzene rings is 1. The lowest BCUT2D eigenvalue weighted by Crippen LogP contribution is -2.11. The Balaban J connectivity index is 2.04. The highest BCUT2D eigenvalue weighted by Gasteiger charge is 2.16. The fraction of sp³-hybridized carbons (Fsp3) is 0.231. The van der Waals surface area contributed by atoms with E-state index in [0.29, 0.717) is 6.61 Å². The smallest absolute Gasteiger partial charge is 0.356 e. The summed E-state index contributed by atoms with van der Waals surface area (Å²) in [7, 11) is 1.71. The Kier molecular flexibility index (Phi) is 2.72. The van der Waals surface area contributed by atoms with Gasteiger partial charge in [-0.3, -0.25) is 4.68 Å². The molecular formula is C13H12N2O4. The van der Waals surface area contributed by atoms with Gasteiger partial charge in [0.1, 0.15) is 5.75 Å². The molecule has 0 bridgehead atoms. The Bertz CT molecular complexity index is 648. The van der Waals surface area contributed by atoms with Gasteiger partial charge >= 0.3 is 5.97 Å². The van der Waals surface area contributed by atoms with E-state index < -0.39 is 5.97 Å². The molecule has 1 aliphatic heterocycles. The van der Waals surface area contributed by atoms with Crippen LogP contribution in [0.4, 0.5) is 0 Å². The van der Waals surface area contributed by atoms with Gasteiger partial charge in [0.2, 0.25) is 0 Å². The van der Waals surface area contributed by atoms with E-state index in [9.17, 15) is 4.79 Å². The van der Waals surface area contributed by atoms with Gasteiger partial charge in [-0.1, -0.05) is 12.1 Å². The van der Waals surface area contributed by atoms with Crippen molar-refractivity contribution in [3.63, 3.8) is 0 Å². The molecule has 19 heavy (non-hydrogen) atoms. The Morgan fingerprint density at radius 1 is 1.42 bits per heavy atom. The predicted molar refractivity (Wildman–Crippen MR) is 65.9 cm³/mol. The summed E-state index contributed by atoms with van der Waals surface area (Å²) in [5.74, 6) is -0.272. The summed E-state index contributed by atoms with van der Waals surface area (Å²) in [6.07, 6.45) is 0. The number of aromatic carboxylic acids is 1. The van der Waals surface area contributed by atoms with Gasteiger partial charge in [-0.15, -0.1) is 0 Å². The maximum Gasteiger partial charge on any atom is 0.356 e. The number of carbonyl (C=O) groups is 1. The molecule has 0 fully saturated rings. The van der Waals surface area contributed by atoms with Gasteiger partial charge in [0, 0.05) is 18.2 Å². The minimum Gasteiger partial charge on any atom is -0.476 e. The van der Waals surface area contributed by atoms with Crippen molar-refractivity contribution in [2.24, 2.45) is 7.05 Å². The number of aromatic nitrogens is 2. The second-order valence-corrected chi connectivity index (χ2v) is 4.28. The largest absolute Gasteiger partial charge is 0.476 e. The van der Waals surface area contributed by atoms with Crippen molar-refractivity contribution in [2.75, 3.05) is 6.79 Å². The lowest BCUT2D eigenvalue weighted by atomic mass is 10.1. The van der Waals surface area contributed by atoms with Gasteiger partial charge in [0.25, 0.3) is 0 Å². The third-order valence-electron chi connectivity index (χ3n) is 3.02. The molecule has 6 nitrogen and oxygen atoms in total. The standard InChI is InChI=1S/C13H12N2O4/c1-15-11(5-10(14-15)13(16)17)8-2-3-9-6-18-7-19-12(9)4-8/h2-5H,6-7H2,1H3,(H,16,17). The van der Waals surface area contributed by atoms with Crippen molar-refractivity contribution in [1.29, 1.82) is 0 Å². The molecule has 0 aliphatic carbocycles. The van der Waals surface area contributed by atoms with Gasteiger partial charge < -0.3 is 14.6 Å². The predicted octanol–water partition coefficient (Wildman–Crippen LogP) is 1.65. The number of ether oxygens (including phenoxy) is 2. The van der Waals surface area contributed by atoms with Crippen LogP contribution in [0.2, 0.25) is 0 Å². The van der Waals surface area contributed by atoms with Crippen molar-refractivity contribution in [3.05, 3.63) is 35.5 Å². The molecule has 3 rings (SSSR count). The third-order valence-corrected chi connectivity index (χ3v) is 3.02. The van der Waals surface area contributed by atoms with Crippen LogP contribution in [0.5, 0.6) is 5.75 Å². The van der Waals surface area contributed by atoms with Crippen LogP contribution in [0.15, 0.2) is 24.3 Å². The summed E-state index contributed by atoms with van der Waals surface area (Å²) in [6, 6.07) is 7.24. The van der Waals surface area contributed by atoms with E-state index >= 15 is 0 Å². The Labute approximate surface area is 109 Å². The van der Waals surface area contributed by atoms with Crippen molar-refractivity contribution < 1.29 is 19.4 Å². The summed E-state index contributed by atoms with van der Waals surface area (Å²) in [5.41, 5.74) is 2.61. The number of hydrogen-bond donors (Lipinski definition) is 1. The highest BCUT2D eigenvalue weighted by molar-refractivity contribution is 5.87. The average Bonchev–Trinajstić information content (AvgIpc) is 2.80. The van der Waals surface area contributed by atoms with E-state index in [1.807, 2.05) is 18.2 Å². The van der Waals surface area contributed by atoms with Crippen LogP contribution in [0.1, 0.15) is 16.1 Å². The van der Waals surface area contributed by atoms with E-state index in [-0.39, 0.29) is 12.5 Å². The lowest BCUT2D eigenvalue weighted by molar-refractivity contribution is -0.0163. The third kappa shape index (κ3) is 2.06. The Morgan fingerprint density at radius 3 is 3.00 bits per heavy atom. The number of rotatable bonds is 2. The number of nitrogens with zero attached hydrogens (tertiary/aromatic N) is 2. The highest BCUT2D eigenvalue weighted by atomic mass is 16.7. The van der Waals surface area contributed by atoms with Crippen molar-refractivity contribution in [1.82, 2.24) is 9.78 Å². The zero-order valence-corrected chi connectivity index (χ0v) is 10.3. The normalized spacial score (nSPS) is 13.7. The molecule has 0 amide bonds. The number of fused-ring (bicyclic) bond motifs is 1. The van der Waals surface area contributed by atoms with Crippen LogP contribution in [-0.4, -0.2) is 27.6 Å². The minimum atomic E-state index is -1.04. The summed E-state index contributed by atoms with van der Waals surface area (Å²) in [4.78, 5) is 10.9. The first-order valence-electron chi connectivity index (χ1n) is 5.76. The first-order chi connectivity index (χ1) is 9.15. The maximum absolute atomic E-state index is 10.9. The minimum absolute atomic E-state index is 0.0273. The molecule has 2 aromatic rings. The fourth-order valence-electron chi connectivity index (χ4n) is 2.07. The number of carboxylic acids is 1. The van der Waals surface area contributed by atoms with Crippen molar-refractivity contribution in [2.45, 2.75) is 6.61 Å². The monoisotopic (exact) mass is 260 g/mol. The molecule has 0 saturated carbocycles. The Hall–Kier alpha value is -2.34. The zero-order chi connectivity index (χ0) is 13.4. The molecule has 0 radical (unpaired) electrons. The fourth-order valence-corrected chi connectivity index (χ4v) is 2.07. The summed E-state index contributed by atoms with van der Waals surface area (Å²) >= 11 is 0. The molecule has 1 N–H and O–H groups in total. The van der Waals surface area contributed by atoms with Crippen molar-refractivity contribution in [3.8, 4) is 17.0 Å². The van der Waals surface area contributed by atoms with Crippen LogP contribution in [0.25, 0.3) is 11.3 Å². The van der Waals surface area contributed by atoms with E-state index in [1.165, 1.54) is 0 Å². The molecule has 6 heteroatoms. The molecule has 0 spiro atoms. The van der Waals surface area contributed by atoms with Crippen LogP contribution in [0.3, 0.4) is 0 Å². The van der Waals surface area contributed by atoms with Crippen LogP contribution in [-0.2, 0) is 18.4 Å². The molecule has 1 aliphatic rings.